The van der Waals surface area contributed by atoms with Crippen molar-refractivity contribution in [2.75, 3.05) is 0 Å². The van der Waals surface area contributed by atoms with Crippen LogP contribution >= 0.6 is 15.9 Å². The molecular weight excluding hydrogens is 242 g/mol. The van der Waals surface area contributed by atoms with E-state index in [1.54, 1.807) is 6.20 Å². The summed E-state index contributed by atoms with van der Waals surface area (Å²) in [6.07, 6.45) is 3.36. The van der Waals surface area contributed by atoms with E-state index in [1.165, 1.54) is 0 Å². The molecule has 0 radical (unpaired) electrons. The van der Waals surface area contributed by atoms with Gasteiger partial charge < -0.3 is 5.11 Å². The molecule has 0 spiro atoms. The van der Waals surface area contributed by atoms with Crippen LogP contribution in [0.4, 0.5) is 0 Å². The van der Waals surface area contributed by atoms with Gasteiger partial charge in [0, 0.05) is 17.1 Å². The molecule has 2 nitrogen and oxygen atoms in total. The predicted octanol–water partition coefficient (Wildman–Crippen LogP) is 2.40. The number of aliphatic hydroxyl groups excluding tert-OH is 1. The van der Waals surface area contributed by atoms with Gasteiger partial charge in [-0.05, 0) is 46.3 Å². The molecule has 1 aromatic rings. The second kappa shape index (κ2) is 3.99. The van der Waals surface area contributed by atoms with Gasteiger partial charge in [-0.1, -0.05) is 6.92 Å². The van der Waals surface area contributed by atoms with E-state index in [0.717, 1.165) is 16.6 Å². The lowest BCUT2D eigenvalue weighted by Crippen LogP contribution is -2.15. The van der Waals surface area contributed by atoms with Gasteiger partial charge in [0.1, 0.15) is 0 Å². The molecule has 3 heteroatoms. The fourth-order valence-electron chi connectivity index (χ4n) is 1.81. The topological polar surface area (TPSA) is 33.1 Å². The van der Waals surface area contributed by atoms with Gasteiger partial charge in [0.15, 0.2) is 0 Å². The lowest BCUT2D eigenvalue weighted by Gasteiger charge is -2.09. The summed E-state index contributed by atoms with van der Waals surface area (Å²) in [7, 11) is 0. The molecule has 3 atom stereocenters. The number of hydrogen-bond donors (Lipinski definition) is 1. The molecule has 0 amide bonds. The Morgan fingerprint density at radius 3 is 3.00 bits per heavy atom. The van der Waals surface area contributed by atoms with E-state index in [1.807, 2.05) is 12.1 Å². The fourth-order valence-corrected chi connectivity index (χ4v) is 2.22. The first-order valence-electron chi connectivity index (χ1n) is 4.96. The minimum absolute atomic E-state index is 0.226. The summed E-state index contributed by atoms with van der Waals surface area (Å²) in [4.78, 5) is 4.25. The van der Waals surface area contributed by atoms with Crippen LogP contribution in [0, 0.1) is 11.8 Å². The highest BCUT2D eigenvalue weighted by Crippen LogP contribution is 2.41. The van der Waals surface area contributed by atoms with Crippen LogP contribution in [0.3, 0.4) is 0 Å². The lowest BCUT2D eigenvalue weighted by atomic mass is 10.1. The van der Waals surface area contributed by atoms with Gasteiger partial charge in [0.2, 0.25) is 0 Å². The minimum atomic E-state index is -0.226. The number of aromatic nitrogens is 1. The van der Waals surface area contributed by atoms with E-state index in [4.69, 9.17) is 0 Å². The zero-order valence-corrected chi connectivity index (χ0v) is 9.74. The van der Waals surface area contributed by atoms with Crippen LogP contribution in [0.15, 0.2) is 22.8 Å². The van der Waals surface area contributed by atoms with Crippen molar-refractivity contribution >= 4 is 15.9 Å². The van der Waals surface area contributed by atoms with Crippen molar-refractivity contribution in [3.8, 4) is 0 Å². The molecular formula is C11H14BrNO. The van der Waals surface area contributed by atoms with Gasteiger partial charge in [0.25, 0.3) is 0 Å². The molecule has 2 rings (SSSR count). The van der Waals surface area contributed by atoms with Gasteiger partial charge >= 0.3 is 0 Å². The largest absolute Gasteiger partial charge is 0.392 e. The predicted molar refractivity (Wildman–Crippen MR) is 58.9 cm³/mol. The van der Waals surface area contributed by atoms with Crippen LogP contribution in [0.1, 0.15) is 19.0 Å². The van der Waals surface area contributed by atoms with Crippen molar-refractivity contribution in [3.63, 3.8) is 0 Å². The van der Waals surface area contributed by atoms with Gasteiger partial charge in [0.05, 0.1) is 11.8 Å². The number of pyridine rings is 1. The van der Waals surface area contributed by atoms with Gasteiger partial charge in [-0.15, -0.1) is 0 Å². The third-order valence-corrected chi connectivity index (χ3v) is 3.63. The molecule has 1 fully saturated rings. The summed E-state index contributed by atoms with van der Waals surface area (Å²) in [5.41, 5.74) is 0.958. The van der Waals surface area contributed by atoms with Gasteiger partial charge in [-0.2, -0.15) is 0 Å². The van der Waals surface area contributed by atoms with E-state index in [-0.39, 0.29) is 6.10 Å². The molecule has 76 valence electrons. The number of hydrogen-bond acceptors (Lipinski definition) is 2. The number of nitrogens with zero attached hydrogens (tertiary/aromatic N) is 1. The smallest absolute Gasteiger partial charge is 0.0626 e. The molecule has 1 aliphatic rings. The quantitative estimate of drug-likeness (QED) is 0.900. The molecule has 1 heterocycles. The number of rotatable bonds is 3. The fraction of sp³-hybridized carbons (Fsp3) is 0.545. The third-order valence-electron chi connectivity index (χ3n) is 2.90. The Hall–Kier alpha value is -0.410. The van der Waals surface area contributed by atoms with Gasteiger partial charge in [-0.25, -0.2) is 0 Å². The maximum Gasteiger partial charge on any atom is 0.0626 e. The van der Waals surface area contributed by atoms with Crippen LogP contribution in [0.5, 0.6) is 0 Å². The van der Waals surface area contributed by atoms with Crippen LogP contribution in [-0.4, -0.2) is 16.2 Å². The summed E-state index contributed by atoms with van der Waals surface area (Å²) in [5.74, 6) is 1.18. The Morgan fingerprint density at radius 2 is 2.43 bits per heavy atom. The molecule has 0 aromatic carbocycles. The summed E-state index contributed by atoms with van der Waals surface area (Å²) >= 11 is 3.44. The first kappa shape index (κ1) is 10.1. The van der Waals surface area contributed by atoms with Crippen molar-refractivity contribution in [2.45, 2.75) is 25.9 Å². The molecule has 1 N–H and O–H groups in total. The number of aliphatic hydroxyl groups is 1. The Morgan fingerprint density at radius 1 is 1.71 bits per heavy atom. The second-order valence-electron chi connectivity index (χ2n) is 4.08. The molecule has 3 unspecified atom stereocenters. The molecule has 0 saturated heterocycles. The van der Waals surface area contributed by atoms with Crippen molar-refractivity contribution in [1.82, 2.24) is 4.98 Å². The zero-order chi connectivity index (χ0) is 10.1. The third kappa shape index (κ3) is 2.15. The van der Waals surface area contributed by atoms with E-state index in [0.29, 0.717) is 18.3 Å². The number of halogens is 1. The van der Waals surface area contributed by atoms with Crippen molar-refractivity contribution in [3.05, 3.63) is 28.5 Å². The molecule has 14 heavy (non-hydrogen) atoms. The lowest BCUT2D eigenvalue weighted by molar-refractivity contribution is 0.145. The monoisotopic (exact) mass is 255 g/mol. The molecule has 0 bridgehead atoms. The zero-order valence-electron chi connectivity index (χ0n) is 8.15. The second-order valence-corrected chi connectivity index (χ2v) is 4.93. The van der Waals surface area contributed by atoms with E-state index in [9.17, 15) is 5.11 Å². The first-order valence-corrected chi connectivity index (χ1v) is 5.75. The van der Waals surface area contributed by atoms with Crippen molar-refractivity contribution in [1.29, 1.82) is 0 Å². The Balaban J connectivity index is 2.00. The highest BCUT2D eigenvalue weighted by Gasteiger charge is 2.38. The summed E-state index contributed by atoms with van der Waals surface area (Å²) in [6.45, 7) is 2.18. The first-order chi connectivity index (χ1) is 6.68. The maximum absolute atomic E-state index is 9.88. The highest BCUT2D eigenvalue weighted by atomic mass is 79.9. The summed E-state index contributed by atoms with van der Waals surface area (Å²) in [6, 6.07) is 3.85. The van der Waals surface area contributed by atoms with Crippen molar-refractivity contribution in [2.24, 2.45) is 11.8 Å². The van der Waals surface area contributed by atoms with Gasteiger partial charge in [-0.3, -0.25) is 4.98 Å². The summed E-state index contributed by atoms with van der Waals surface area (Å²) < 4.78 is 0.993. The van der Waals surface area contributed by atoms with Crippen LogP contribution < -0.4 is 0 Å². The molecule has 1 aliphatic carbocycles. The Labute approximate surface area is 92.5 Å². The van der Waals surface area contributed by atoms with E-state index >= 15 is 0 Å². The summed E-state index contributed by atoms with van der Waals surface area (Å²) in [5, 5.41) is 9.88. The molecule has 0 aliphatic heterocycles. The minimum Gasteiger partial charge on any atom is -0.392 e. The van der Waals surface area contributed by atoms with E-state index < -0.39 is 0 Å². The Kier molecular flexibility index (Phi) is 2.88. The SMILES string of the molecule is CC1CC1C(O)Cc1ncccc1Br. The molecule has 1 saturated carbocycles. The Bertz CT molecular complexity index is 329. The van der Waals surface area contributed by atoms with Crippen LogP contribution in [0.25, 0.3) is 0 Å². The highest BCUT2D eigenvalue weighted by molar-refractivity contribution is 9.10. The average Bonchev–Trinajstić information content (AvgIpc) is 2.87. The maximum atomic E-state index is 9.88. The average molecular weight is 256 g/mol. The molecule has 1 aromatic heterocycles. The standard InChI is InChI=1S/C11H14BrNO/c1-7-5-8(7)11(14)6-10-9(12)3-2-4-13-10/h2-4,7-8,11,14H,5-6H2,1H3. The normalized spacial score (nSPS) is 27.4. The van der Waals surface area contributed by atoms with E-state index in [2.05, 4.69) is 27.8 Å². The van der Waals surface area contributed by atoms with Crippen LogP contribution in [-0.2, 0) is 6.42 Å². The van der Waals surface area contributed by atoms with Crippen LogP contribution in [0.2, 0.25) is 0 Å². The van der Waals surface area contributed by atoms with Crippen molar-refractivity contribution < 1.29 is 5.11 Å².